The molecule has 0 atom stereocenters. The number of carboxylic acid groups (broad SMARTS) is 1. The molecule has 0 saturated carbocycles. The number of aliphatic hydroxyl groups excluding tert-OH is 1. The maximum absolute atomic E-state index is 12.0. The van der Waals surface area contributed by atoms with Gasteiger partial charge in [-0.15, -0.1) is 0 Å². The van der Waals surface area contributed by atoms with Crippen LogP contribution in [-0.4, -0.2) is 29.1 Å². The van der Waals surface area contributed by atoms with Crippen molar-refractivity contribution < 1.29 is 29.3 Å². The molecule has 0 aliphatic heterocycles. The molecule has 2 rings (SSSR count). The van der Waals surface area contributed by atoms with Gasteiger partial charge in [-0.1, -0.05) is 30.3 Å². The van der Waals surface area contributed by atoms with Gasteiger partial charge in [-0.2, -0.15) is 0 Å². The summed E-state index contributed by atoms with van der Waals surface area (Å²) >= 11 is 0. The van der Waals surface area contributed by atoms with Crippen LogP contribution in [0.25, 0.3) is 0 Å². The van der Waals surface area contributed by atoms with Gasteiger partial charge in [0.15, 0.2) is 5.78 Å². The Kier molecular flexibility index (Phi) is 5.57. The fourth-order valence-electron chi connectivity index (χ4n) is 1.93. The number of aliphatic hydroxyl groups is 1. The monoisotopic (exact) mass is 328 g/mol. The topological polar surface area (TPSA) is 93.1 Å². The van der Waals surface area contributed by atoms with Crippen molar-refractivity contribution in [3.05, 3.63) is 71.5 Å². The molecule has 0 aliphatic rings. The lowest BCUT2D eigenvalue weighted by atomic mass is 10.1. The quantitative estimate of drug-likeness (QED) is 0.461. The van der Waals surface area contributed by atoms with Crippen LogP contribution in [-0.2, 0) is 11.4 Å². The van der Waals surface area contributed by atoms with E-state index >= 15 is 0 Å². The molecule has 124 valence electrons. The predicted molar refractivity (Wildman–Crippen MR) is 86.4 cm³/mol. The number of ketones is 1. The molecule has 0 amide bonds. The minimum atomic E-state index is -1.58. The maximum Gasteiger partial charge on any atom is 0.371 e. The number of hydrogen-bond acceptors (Lipinski definition) is 5. The molecule has 0 saturated heterocycles. The second-order valence-corrected chi connectivity index (χ2v) is 4.87. The minimum absolute atomic E-state index is 0.144. The second kappa shape index (κ2) is 7.82. The number of hydrogen-bond donors (Lipinski definition) is 2. The summed E-state index contributed by atoms with van der Waals surface area (Å²) in [6.07, 6.45) is 0.637. The fraction of sp³-hybridized carbons (Fsp3) is 0.111. The van der Waals surface area contributed by atoms with Crippen molar-refractivity contribution in [1.82, 2.24) is 0 Å². The number of carbonyl (C=O) groups excluding carboxylic acids is 1. The largest absolute Gasteiger partial charge is 0.502 e. The average Bonchev–Trinajstić information content (AvgIpc) is 2.60. The Bertz CT molecular complexity index is 764. The second-order valence-electron chi connectivity index (χ2n) is 4.87. The van der Waals surface area contributed by atoms with E-state index in [-0.39, 0.29) is 5.56 Å². The van der Waals surface area contributed by atoms with Crippen molar-refractivity contribution in [2.24, 2.45) is 0 Å². The first-order chi connectivity index (χ1) is 11.5. The number of carbonyl (C=O) groups is 2. The summed E-state index contributed by atoms with van der Waals surface area (Å²) < 4.78 is 10.8. The Morgan fingerprint density at radius 2 is 1.71 bits per heavy atom. The van der Waals surface area contributed by atoms with Crippen molar-refractivity contribution in [3.63, 3.8) is 0 Å². The highest BCUT2D eigenvalue weighted by Crippen LogP contribution is 2.24. The van der Waals surface area contributed by atoms with Crippen molar-refractivity contribution >= 4 is 11.8 Å². The van der Waals surface area contributed by atoms with Crippen LogP contribution in [0, 0.1) is 0 Å². The molecule has 2 aromatic carbocycles. The lowest BCUT2D eigenvalue weighted by Gasteiger charge is -2.10. The third kappa shape index (κ3) is 4.61. The molecular formula is C18H16O6. The Morgan fingerprint density at radius 1 is 1.04 bits per heavy atom. The van der Waals surface area contributed by atoms with Crippen LogP contribution >= 0.6 is 0 Å². The maximum atomic E-state index is 12.0. The zero-order valence-electron chi connectivity index (χ0n) is 12.9. The van der Waals surface area contributed by atoms with Gasteiger partial charge >= 0.3 is 5.97 Å². The fourth-order valence-corrected chi connectivity index (χ4v) is 1.93. The minimum Gasteiger partial charge on any atom is -0.502 e. The van der Waals surface area contributed by atoms with Crippen LogP contribution in [0.15, 0.2) is 60.4 Å². The van der Waals surface area contributed by atoms with E-state index < -0.39 is 17.5 Å². The van der Waals surface area contributed by atoms with Crippen molar-refractivity contribution in [2.75, 3.05) is 7.11 Å². The van der Waals surface area contributed by atoms with Gasteiger partial charge in [0, 0.05) is 17.7 Å². The predicted octanol–water partition coefficient (Wildman–Crippen LogP) is 2.98. The first-order valence-electron chi connectivity index (χ1n) is 7.03. The molecule has 2 aromatic rings. The van der Waals surface area contributed by atoms with E-state index in [2.05, 4.69) is 0 Å². The van der Waals surface area contributed by atoms with Crippen LogP contribution in [0.5, 0.6) is 11.5 Å². The average molecular weight is 328 g/mol. The van der Waals surface area contributed by atoms with Gasteiger partial charge in [0.2, 0.25) is 5.76 Å². The summed E-state index contributed by atoms with van der Waals surface area (Å²) in [4.78, 5) is 22.6. The molecule has 6 heteroatoms. The van der Waals surface area contributed by atoms with Gasteiger partial charge < -0.3 is 19.7 Å². The van der Waals surface area contributed by atoms with Crippen molar-refractivity contribution in [3.8, 4) is 11.5 Å². The molecule has 0 bridgehead atoms. The molecule has 0 aromatic heterocycles. The standard InChI is InChI=1S/C18H16O6/c1-23-14-7-13(16(19)10-17(20)18(21)22)8-15(9-14)24-11-12-5-3-2-4-6-12/h2-10,20H,11H2,1H3,(H,21,22). The van der Waals surface area contributed by atoms with Crippen LogP contribution in [0.4, 0.5) is 0 Å². The third-order valence-electron chi connectivity index (χ3n) is 3.14. The zero-order chi connectivity index (χ0) is 17.5. The zero-order valence-corrected chi connectivity index (χ0v) is 12.9. The Morgan fingerprint density at radius 3 is 2.33 bits per heavy atom. The first-order valence-corrected chi connectivity index (χ1v) is 7.03. The Hall–Kier alpha value is -3.28. The molecule has 2 N–H and O–H groups in total. The highest BCUT2D eigenvalue weighted by molar-refractivity contribution is 6.08. The normalized spacial score (nSPS) is 11.0. The van der Waals surface area contributed by atoms with E-state index in [4.69, 9.17) is 14.6 Å². The Labute approximate surface area is 138 Å². The third-order valence-corrected chi connectivity index (χ3v) is 3.14. The molecule has 0 fully saturated rings. The molecule has 0 aliphatic carbocycles. The van der Waals surface area contributed by atoms with Crippen molar-refractivity contribution in [1.29, 1.82) is 0 Å². The van der Waals surface area contributed by atoms with E-state index in [1.165, 1.54) is 19.2 Å². The number of methoxy groups -OCH3 is 1. The molecule has 0 spiro atoms. The molecular weight excluding hydrogens is 312 g/mol. The van der Waals surface area contributed by atoms with Gasteiger partial charge in [0.05, 0.1) is 7.11 Å². The van der Waals surface area contributed by atoms with Gasteiger partial charge in [0.25, 0.3) is 0 Å². The van der Waals surface area contributed by atoms with E-state index in [0.717, 1.165) is 5.56 Å². The van der Waals surface area contributed by atoms with Gasteiger partial charge in [-0.3, -0.25) is 4.79 Å². The molecule has 6 nitrogen and oxygen atoms in total. The summed E-state index contributed by atoms with van der Waals surface area (Å²) in [5.41, 5.74) is 1.10. The number of benzene rings is 2. The number of ether oxygens (including phenoxy) is 2. The highest BCUT2D eigenvalue weighted by atomic mass is 16.5. The summed E-state index contributed by atoms with van der Waals surface area (Å²) in [7, 11) is 1.44. The van der Waals surface area contributed by atoms with E-state index in [0.29, 0.717) is 24.2 Å². The van der Waals surface area contributed by atoms with Crippen LogP contribution < -0.4 is 9.47 Å². The molecule has 0 radical (unpaired) electrons. The lowest BCUT2D eigenvalue weighted by Crippen LogP contribution is -2.05. The number of aliphatic carboxylic acids is 1. The van der Waals surface area contributed by atoms with Crippen LogP contribution in [0.1, 0.15) is 15.9 Å². The number of carboxylic acids is 1. The summed E-state index contributed by atoms with van der Waals surface area (Å²) in [5, 5.41) is 17.8. The van der Waals surface area contributed by atoms with Gasteiger partial charge in [0.1, 0.15) is 18.1 Å². The summed E-state index contributed by atoms with van der Waals surface area (Å²) in [5.74, 6) is -2.50. The SMILES string of the molecule is COc1cc(OCc2ccccc2)cc(C(=O)C=C(O)C(=O)O)c1. The van der Waals surface area contributed by atoms with E-state index in [9.17, 15) is 14.7 Å². The van der Waals surface area contributed by atoms with E-state index in [1.54, 1.807) is 6.07 Å². The smallest absolute Gasteiger partial charge is 0.371 e. The summed E-state index contributed by atoms with van der Waals surface area (Å²) in [6.45, 7) is 0.303. The van der Waals surface area contributed by atoms with Crippen LogP contribution in [0.3, 0.4) is 0 Å². The highest BCUT2D eigenvalue weighted by Gasteiger charge is 2.12. The van der Waals surface area contributed by atoms with Gasteiger partial charge in [-0.25, -0.2) is 4.79 Å². The molecule has 0 heterocycles. The molecule has 0 unspecified atom stereocenters. The van der Waals surface area contributed by atoms with E-state index in [1.807, 2.05) is 30.3 Å². The number of allylic oxidation sites excluding steroid dienone is 1. The molecule has 24 heavy (non-hydrogen) atoms. The van der Waals surface area contributed by atoms with Crippen LogP contribution in [0.2, 0.25) is 0 Å². The number of rotatable bonds is 7. The van der Waals surface area contributed by atoms with Crippen molar-refractivity contribution in [2.45, 2.75) is 6.61 Å². The lowest BCUT2D eigenvalue weighted by molar-refractivity contribution is -0.135. The summed E-state index contributed by atoms with van der Waals surface area (Å²) in [6, 6.07) is 14.0. The first kappa shape index (κ1) is 17.1. The van der Waals surface area contributed by atoms with Gasteiger partial charge in [-0.05, 0) is 17.7 Å². The Balaban J connectivity index is 2.22.